The summed E-state index contributed by atoms with van der Waals surface area (Å²) in [5, 5.41) is 15.5. The number of H-pyrrole nitrogens is 1. The van der Waals surface area contributed by atoms with Crippen molar-refractivity contribution in [1.82, 2.24) is 34.8 Å². The summed E-state index contributed by atoms with van der Waals surface area (Å²) in [4.78, 5) is 6.62. The highest BCUT2D eigenvalue weighted by atomic mass is 15.3. The fourth-order valence-corrected chi connectivity index (χ4v) is 3.29. The van der Waals surface area contributed by atoms with Gasteiger partial charge in [-0.05, 0) is 24.5 Å². The van der Waals surface area contributed by atoms with Gasteiger partial charge in [-0.3, -0.25) is 10.00 Å². The molecule has 0 fully saturated rings. The Kier molecular flexibility index (Phi) is 6.07. The van der Waals surface area contributed by atoms with Gasteiger partial charge in [-0.15, -0.1) is 10.2 Å². The summed E-state index contributed by atoms with van der Waals surface area (Å²) in [5.74, 6) is 1.79. The molecule has 2 aromatic carbocycles. The zero-order valence-electron chi connectivity index (χ0n) is 16.6. The Morgan fingerprint density at radius 2 is 1.79 bits per heavy atom. The molecule has 0 unspecified atom stereocenters. The van der Waals surface area contributed by atoms with Gasteiger partial charge in [0.25, 0.3) is 0 Å². The number of rotatable bonds is 9. The Morgan fingerprint density at radius 1 is 0.966 bits per heavy atom. The molecule has 1 N–H and O–H groups in total. The first-order valence-corrected chi connectivity index (χ1v) is 9.79. The Morgan fingerprint density at radius 3 is 2.55 bits per heavy atom. The van der Waals surface area contributed by atoms with Crippen molar-refractivity contribution >= 4 is 0 Å². The SMILES string of the molecule is Cc1ccc(CCN(Cc2ncn[nH]2)Cc2nncn2Cc2ccccc2)cc1. The zero-order chi connectivity index (χ0) is 19.9. The van der Waals surface area contributed by atoms with E-state index in [4.69, 9.17) is 0 Å². The van der Waals surface area contributed by atoms with Gasteiger partial charge in [0.2, 0.25) is 0 Å². The molecule has 148 valence electrons. The molecule has 0 atom stereocenters. The smallest absolute Gasteiger partial charge is 0.147 e. The molecule has 0 bridgehead atoms. The molecule has 0 aliphatic carbocycles. The van der Waals surface area contributed by atoms with E-state index in [1.54, 1.807) is 12.7 Å². The average Bonchev–Trinajstić information content (AvgIpc) is 3.41. The average molecular weight is 387 g/mol. The molecule has 7 nitrogen and oxygen atoms in total. The van der Waals surface area contributed by atoms with Crippen molar-refractivity contribution < 1.29 is 0 Å². The largest absolute Gasteiger partial charge is 0.312 e. The second kappa shape index (κ2) is 9.25. The highest BCUT2D eigenvalue weighted by molar-refractivity contribution is 5.21. The standard InChI is InChI=1S/C22H25N7/c1-18-7-9-19(10-8-18)11-12-28(14-21-23-16-24-26-21)15-22-27-25-17-29(22)13-20-5-3-2-4-6-20/h2-10,16-17H,11-15H2,1H3,(H,23,24,26). The minimum Gasteiger partial charge on any atom is -0.312 e. The Hall–Kier alpha value is -3.32. The molecule has 0 aliphatic rings. The number of hydrogen-bond donors (Lipinski definition) is 1. The Balaban J connectivity index is 1.46. The normalized spacial score (nSPS) is 11.2. The maximum atomic E-state index is 4.37. The molecule has 0 spiro atoms. The predicted octanol–water partition coefficient (Wildman–Crippen LogP) is 3.00. The van der Waals surface area contributed by atoms with Gasteiger partial charge in [-0.1, -0.05) is 60.2 Å². The number of hydrogen-bond acceptors (Lipinski definition) is 5. The summed E-state index contributed by atoms with van der Waals surface area (Å²) in [5.41, 5.74) is 3.83. The van der Waals surface area contributed by atoms with E-state index in [0.29, 0.717) is 13.1 Å². The van der Waals surface area contributed by atoms with Gasteiger partial charge in [0.05, 0.1) is 19.6 Å². The van der Waals surface area contributed by atoms with E-state index in [9.17, 15) is 0 Å². The van der Waals surface area contributed by atoms with Gasteiger partial charge < -0.3 is 4.57 Å². The molecule has 4 aromatic rings. The van der Waals surface area contributed by atoms with Crippen molar-refractivity contribution in [2.24, 2.45) is 0 Å². The fraction of sp³-hybridized carbons (Fsp3) is 0.273. The number of aromatic nitrogens is 6. The summed E-state index contributed by atoms with van der Waals surface area (Å²) in [7, 11) is 0. The highest BCUT2D eigenvalue weighted by Crippen LogP contribution is 2.11. The monoisotopic (exact) mass is 387 g/mol. The molecule has 7 heteroatoms. The number of benzene rings is 2. The molecule has 0 amide bonds. The zero-order valence-corrected chi connectivity index (χ0v) is 16.6. The van der Waals surface area contributed by atoms with Crippen molar-refractivity contribution in [3.05, 3.63) is 95.6 Å². The van der Waals surface area contributed by atoms with Gasteiger partial charge in [0.1, 0.15) is 24.3 Å². The van der Waals surface area contributed by atoms with Crippen LogP contribution in [-0.2, 0) is 26.1 Å². The summed E-state index contributed by atoms with van der Waals surface area (Å²) in [6, 6.07) is 19.1. The van der Waals surface area contributed by atoms with E-state index >= 15 is 0 Å². The van der Waals surface area contributed by atoms with Crippen molar-refractivity contribution in [1.29, 1.82) is 0 Å². The van der Waals surface area contributed by atoms with E-state index < -0.39 is 0 Å². The molecule has 0 saturated carbocycles. The van der Waals surface area contributed by atoms with Crippen molar-refractivity contribution in [3.8, 4) is 0 Å². The van der Waals surface area contributed by atoms with Crippen LogP contribution < -0.4 is 0 Å². The van der Waals surface area contributed by atoms with Gasteiger partial charge >= 0.3 is 0 Å². The molecule has 29 heavy (non-hydrogen) atoms. The molecular formula is C22H25N7. The van der Waals surface area contributed by atoms with Crippen molar-refractivity contribution in [3.63, 3.8) is 0 Å². The summed E-state index contributed by atoms with van der Waals surface area (Å²) in [6.07, 6.45) is 4.31. The third-order valence-corrected chi connectivity index (χ3v) is 4.93. The molecule has 2 aromatic heterocycles. The van der Waals surface area contributed by atoms with Crippen LogP contribution in [0.25, 0.3) is 0 Å². The van der Waals surface area contributed by atoms with Crippen LogP contribution in [0.15, 0.2) is 67.3 Å². The first kappa shape index (κ1) is 19.0. The van der Waals surface area contributed by atoms with E-state index in [0.717, 1.165) is 31.2 Å². The number of aryl methyl sites for hydroxylation is 1. The number of nitrogens with one attached hydrogen (secondary N) is 1. The van der Waals surface area contributed by atoms with Gasteiger partial charge in [0, 0.05) is 6.54 Å². The van der Waals surface area contributed by atoms with E-state index in [1.165, 1.54) is 16.7 Å². The predicted molar refractivity (Wildman–Crippen MR) is 111 cm³/mol. The topological polar surface area (TPSA) is 75.5 Å². The van der Waals surface area contributed by atoms with Crippen LogP contribution in [0, 0.1) is 6.92 Å². The van der Waals surface area contributed by atoms with Crippen LogP contribution in [0.3, 0.4) is 0 Å². The van der Waals surface area contributed by atoms with Crippen LogP contribution in [0.5, 0.6) is 0 Å². The number of nitrogens with zero attached hydrogens (tertiary/aromatic N) is 6. The molecule has 4 rings (SSSR count). The lowest BCUT2D eigenvalue weighted by atomic mass is 10.1. The van der Waals surface area contributed by atoms with Crippen LogP contribution in [-0.4, -0.2) is 41.4 Å². The first-order chi connectivity index (χ1) is 14.3. The molecule has 0 aliphatic heterocycles. The van der Waals surface area contributed by atoms with Crippen molar-refractivity contribution in [2.45, 2.75) is 33.0 Å². The second-order valence-corrected chi connectivity index (χ2v) is 7.24. The lowest BCUT2D eigenvalue weighted by Crippen LogP contribution is -2.27. The van der Waals surface area contributed by atoms with Crippen LogP contribution in [0.2, 0.25) is 0 Å². The van der Waals surface area contributed by atoms with Crippen LogP contribution in [0.1, 0.15) is 28.3 Å². The Labute approximate surface area is 170 Å². The summed E-state index contributed by atoms with van der Waals surface area (Å²) >= 11 is 0. The van der Waals surface area contributed by atoms with E-state index in [2.05, 4.69) is 90.3 Å². The molecule has 0 saturated heterocycles. The van der Waals surface area contributed by atoms with Crippen LogP contribution in [0.4, 0.5) is 0 Å². The van der Waals surface area contributed by atoms with Crippen LogP contribution >= 0.6 is 0 Å². The highest BCUT2D eigenvalue weighted by Gasteiger charge is 2.14. The Bertz CT molecular complexity index is 991. The molecule has 0 radical (unpaired) electrons. The maximum absolute atomic E-state index is 4.37. The number of aromatic amines is 1. The van der Waals surface area contributed by atoms with Gasteiger partial charge in [-0.2, -0.15) is 5.10 Å². The van der Waals surface area contributed by atoms with E-state index in [1.807, 2.05) is 6.07 Å². The molecule has 2 heterocycles. The second-order valence-electron chi connectivity index (χ2n) is 7.24. The summed E-state index contributed by atoms with van der Waals surface area (Å²) in [6.45, 7) is 5.14. The van der Waals surface area contributed by atoms with E-state index in [-0.39, 0.29) is 0 Å². The van der Waals surface area contributed by atoms with Gasteiger partial charge in [-0.25, -0.2) is 4.98 Å². The molecular weight excluding hydrogens is 362 g/mol. The third-order valence-electron chi connectivity index (χ3n) is 4.93. The van der Waals surface area contributed by atoms with Gasteiger partial charge in [0.15, 0.2) is 0 Å². The quantitative estimate of drug-likeness (QED) is 0.478. The third kappa shape index (κ3) is 5.36. The minimum atomic E-state index is 0.685. The fourth-order valence-electron chi connectivity index (χ4n) is 3.29. The lowest BCUT2D eigenvalue weighted by Gasteiger charge is -2.21. The maximum Gasteiger partial charge on any atom is 0.147 e. The minimum absolute atomic E-state index is 0.685. The summed E-state index contributed by atoms with van der Waals surface area (Å²) < 4.78 is 2.11. The lowest BCUT2D eigenvalue weighted by molar-refractivity contribution is 0.244. The first-order valence-electron chi connectivity index (χ1n) is 9.79. The van der Waals surface area contributed by atoms with Crippen molar-refractivity contribution in [2.75, 3.05) is 6.54 Å².